The number of nitrogens with two attached hydrogens (primary N) is 1. The molecule has 0 bridgehead atoms. The number of rotatable bonds is 4. The van der Waals surface area contributed by atoms with Gasteiger partial charge in [0.1, 0.15) is 5.01 Å². The Balaban J connectivity index is 1.50. The summed E-state index contributed by atoms with van der Waals surface area (Å²) in [6.45, 7) is 1.52. The van der Waals surface area contributed by atoms with Gasteiger partial charge in [0, 0.05) is 30.0 Å². The van der Waals surface area contributed by atoms with E-state index in [1.54, 1.807) is 16.2 Å². The van der Waals surface area contributed by atoms with Gasteiger partial charge >= 0.3 is 6.03 Å². The minimum absolute atomic E-state index is 0.0216. The van der Waals surface area contributed by atoms with Gasteiger partial charge in [-0.2, -0.15) is 0 Å². The molecule has 1 aliphatic rings. The molecule has 1 saturated heterocycles. The second-order valence-corrected chi connectivity index (χ2v) is 6.69. The molecule has 0 radical (unpaired) electrons. The van der Waals surface area contributed by atoms with Crippen LogP contribution in [0.25, 0.3) is 10.6 Å². The van der Waals surface area contributed by atoms with Crippen LogP contribution in [0.5, 0.6) is 0 Å². The quantitative estimate of drug-likeness (QED) is 0.891. The number of likely N-dealkylation sites (tertiary alicyclic amines) is 1. The molecule has 6 nitrogen and oxygen atoms in total. The average Bonchev–Trinajstić information content (AvgIpc) is 3.09. The molecule has 24 heavy (non-hydrogen) atoms. The number of hydrogen-bond acceptors (Lipinski definition) is 4. The molecule has 3 amide bonds. The zero-order valence-corrected chi connectivity index (χ0v) is 14.1. The van der Waals surface area contributed by atoms with Crippen molar-refractivity contribution in [2.75, 3.05) is 13.1 Å². The minimum atomic E-state index is -0.412. The fourth-order valence-electron chi connectivity index (χ4n) is 2.79. The number of hydrogen-bond donors (Lipinski definition) is 2. The lowest BCUT2D eigenvalue weighted by Gasteiger charge is -2.29. The van der Waals surface area contributed by atoms with Crippen LogP contribution in [0.4, 0.5) is 4.79 Å². The summed E-state index contributed by atoms with van der Waals surface area (Å²) in [5.41, 5.74) is 7.20. The van der Waals surface area contributed by atoms with Crippen LogP contribution in [-0.4, -0.2) is 34.9 Å². The first-order valence-electron chi connectivity index (χ1n) is 7.95. The van der Waals surface area contributed by atoms with Gasteiger partial charge in [-0.15, -0.1) is 11.3 Å². The standard InChI is InChI=1S/C17H20N4O2S/c18-17(23)21-8-6-12(7-9-21)15(22)19-10-14-11-24-16(20-14)13-4-2-1-3-5-13/h1-5,11-12H,6-10H2,(H2,18,23)(H,19,22). The van der Waals surface area contributed by atoms with Gasteiger partial charge in [0.15, 0.2) is 0 Å². The Kier molecular flexibility index (Phi) is 5.10. The molecule has 2 heterocycles. The van der Waals surface area contributed by atoms with E-state index in [4.69, 9.17) is 5.73 Å². The fraction of sp³-hybridized carbons (Fsp3) is 0.353. The maximum Gasteiger partial charge on any atom is 0.314 e. The summed E-state index contributed by atoms with van der Waals surface area (Å²) >= 11 is 1.57. The Morgan fingerprint density at radius 2 is 1.96 bits per heavy atom. The van der Waals surface area contributed by atoms with Crippen molar-refractivity contribution in [1.82, 2.24) is 15.2 Å². The molecular weight excluding hydrogens is 324 g/mol. The summed E-state index contributed by atoms with van der Waals surface area (Å²) in [5.74, 6) is -0.0405. The number of urea groups is 1. The maximum atomic E-state index is 12.3. The fourth-order valence-corrected chi connectivity index (χ4v) is 3.61. The molecule has 1 aromatic heterocycles. The van der Waals surface area contributed by atoms with Gasteiger partial charge in [-0.05, 0) is 12.8 Å². The first kappa shape index (κ1) is 16.4. The first-order chi connectivity index (χ1) is 11.6. The van der Waals surface area contributed by atoms with Crippen LogP contribution in [0.1, 0.15) is 18.5 Å². The molecule has 1 aliphatic heterocycles. The summed E-state index contributed by atoms with van der Waals surface area (Å²) in [5, 5.41) is 5.87. The van der Waals surface area contributed by atoms with Crippen LogP contribution in [-0.2, 0) is 11.3 Å². The van der Waals surface area contributed by atoms with Crippen molar-refractivity contribution in [1.29, 1.82) is 0 Å². The zero-order chi connectivity index (χ0) is 16.9. The highest BCUT2D eigenvalue weighted by atomic mass is 32.1. The molecule has 1 aromatic carbocycles. The van der Waals surface area contributed by atoms with E-state index in [1.807, 2.05) is 35.7 Å². The molecule has 1 fully saturated rings. The van der Waals surface area contributed by atoms with E-state index < -0.39 is 6.03 Å². The van der Waals surface area contributed by atoms with Crippen molar-refractivity contribution in [2.24, 2.45) is 11.7 Å². The molecule has 0 unspecified atom stereocenters. The smallest absolute Gasteiger partial charge is 0.314 e. The minimum Gasteiger partial charge on any atom is -0.351 e. The van der Waals surface area contributed by atoms with Crippen molar-refractivity contribution in [2.45, 2.75) is 19.4 Å². The molecule has 0 spiro atoms. The third-order valence-electron chi connectivity index (χ3n) is 4.19. The predicted octanol–water partition coefficient (Wildman–Crippen LogP) is 2.22. The molecule has 2 aromatic rings. The van der Waals surface area contributed by atoms with Crippen LogP contribution >= 0.6 is 11.3 Å². The van der Waals surface area contributed by atoms with Gasteiger partial charge < -0.3 is 16.0 Å². The summed E-state index contributed by atoms with van der Waals surface area (Å²) in [4.78, 5) is 29.5. The zero-order valence-electron chi connectivity index (χ0n) is 13.3. The number of nitrogens with zero attached hydrogens (tertiary/aromatic N) is 2. The topological polar surface area (TPSA) is 88.3 Å². The van der Waals surface area contributed by atoms with Crippen LogP contribution in [0.2, 0.25) is 0 Å². The van der Waals surface area contributed by atoms with Crippen LogP contribution in [0.3, 0.4) is 0 Å². The molecule has 3 N–H and O–H groups in total. The normalized spacial score (nSPS) is 15.2. The van der Waals surface area contributed by atoms with Crippen LogP contribution in [0, 0.1) is 5.92 Å². The monoisotopic (exact) mass is 344 g/mol. The van der Waals surface area contributed by atoms with Gasteiger partial charge in [0.25, 0.3) is 0 Å². The highest BCUT2D eigenvalue weighted by Gasteiger charge is 2.26. The van der Waals surface area contributed by atoms with Crippen molar-refractivity contribution < 1.29 is 9.59 Å². The van der Waals surface area contributed by atoms with Crippen molar-refractivity contribution in [3.63, 3.8) is 0 Å². The van der Waals surface area contributed by atoms with E-state index in [0.29, 0.717) is 32.5 Å². The molecular formula is C17H20N4O2S. The van der Waals surface area contributed by atoms with E-state index >= 15 is 0 Å². The maximum absolute atomic E-state index is 12.3. The summed E-state index contributed by atoms with van der Waals surface area (Å²) in [7, 11) is 0. The highest BCUT2D eigenvalue weighted by Crippen LogP contribution is 2.23. The Labute approximate surface area is 144 Å². The number of carbonyl (C=O) groups is 2. The van der Waals surface area contributed by atoms with Gasteiger partial charge in [-0.3, -0.25) is 4.79 Å². The lowest BCUT2D eigenvalue weighted by Crippen LogP contribution is -2.44. The Hall–Kier alpha value is -2.41. The summed E-state index contributed by atoms with van der Waals surface area (Å²) in [6, 6.07) is 9.57. The van der Waals surface area contributed by atoms with Gasteiger partial charge in [-0.1, -0.05) is 30.3 Å². The Morgan fingerprint density at radius 1 is 1.25 bits per heavy atom. The van der Waals surface area contributed by atoms with Gasteiger partial charge in [-0.25, -0.2) is 9.78 Å². The SMILES string of the molecule is NC(=O)N1CCC(C(=O)NCc2csc(-c3ccccc3)n2)CC1. The largest absolute Gasteiger partial charge is 0.351 e. The number of carbonyl (C=O) groups excluding carboxylic acids is 2. The lowest BCUT2D eigenvalue weighted by molar-refractivity contribution is -0.126. The summed E-state index contributed by atoms with van der Waals surface area (Å²) < 4.78 is 0. The van der Waals surface area contributed by atoms with E-state index in [0.717, 1.165) is 16.3 Å². The number of amides is 3. The van der Waals surface area contributed by atoms with Crippen molar-refractivity contribution in [3.8, 4) is 10.6 Å². The van der Waals surface area contributed by atoms with Crippen molar-refractivity contribution in [3.05, 3.63) is 41.4 Å². The number of nitrogens with one attached hydrogen (secondary N) is 1. The molecule has 0 atom stereocenters. The lowest BCUT2D eigenvalue weighted by atomic mass is 9.96. The third-order valence-corrected chi connectivity index (χ3v) is 5.13. The summed E-state index contributed by atoms with van der Waals surface area (Å²) in [6.07, 6.45) is 1.31. The van der Waals surface area contributed by atoms with Crippen LogP contribution in [0.15, 0.2) is 35.7 Å². The Morgan fingerprint density at radius 3 is 2.62 bits per heavy atom. The van der Waals surface area contributed by atoms with E-state index in [-0.39, 0.29) is 11.8 Å². The molecule has 126 valence electrons. The third kappa shape index (κ3) is 3.91. The molecule has 0 saturated carbocycles. The molecule has 7 heteroatoms. The highest BCUT2D eigenvalue weighted by molar-refractivity contribution is 7.13. The average molecular weight is 344 g/mol. The van der Waals surface area contributed by atoms with Gasteiger partial charge in [0.05, 0.1) is 12.2 Å². The number of thiazole rings is 1. The first-order valence-corrected chi connectivity index (χ1v) is 8.83. The molecule has 3 rings (SSSR count). The number of benzene rings is 1. The van der Waals surface area contributed by atoms with E-state index in [9.17, 15) is 9.59 Å². The van der Waals surface area contributed by atoms with E-state index in [2.05, 4.69) is 10.3 Å². The van der Waals surface area contributed by atoms with E-state index in [1.165, 1.54) is 0 Å². The number of primary amides is 1. The second kappa shape index (κ2) is 7.44. The van der Waals surface area contributed by atoms with Crippen molar-refractivity contribution >= 4 is 23.3 Å². The predicted molar refractivity (Wildman–Crippen MR) is 93.3 cm³/mol. The number of aromatic nitrogens is 1. The Bertz CT molecular complexity index is 708. The molecule has 0 aliphatic carbocycles. The number of piperidine rings is 1. The van der Waals surface area contributed by atoms with Gasteiger partial charge in [0.2, 0.25) is 5.91 Å². The van der Waals surface area contributed by atoms with Crippen LogP contribution < -0.4 is 11.1 Å². The second-order valence-electron chi connectivity index (χ2n) is 5.83.